The van der Waals surface area contributed by atoms with Crippen LogP contribution in [-0.2, 0) is 16.4 Å². The van der Waals surface area contributed by atoms with Crippen LogP contribution in [0.3, 0.4) is 0 Å². The van der Waals surface area contributed by atoms with E-state index < -0.39 is 9.84 Å². The number of carbonyl (C=O) groups excluding carboxylic acids is 1. The summed E-state index contributed by atoms with van der Waals surface area (Å²) in [5.74, 6) is 4.87. The average Bonchev–Trinajstić information content (AvgIpc) is 2.72. The first-order valence-corrected chi connectivity index (χ1v) is 8.21. The third kappa shape index (κ3) is 4.73. The predicted octanol–water partition coefficient (Wildman–Crippen LogP) is -0.172. The number of nitrogens with two attached hydrogens (primary N) is 1. The number of carbonyl (C=O) groups is 1. The molecule has 0 bridgehead atoms. The van der Waals surface area contributed by atoms with E-state index in [9.17, 15) is 13.2 Å². The van der Waals surface area contributed by atoms with Gasteiger partial charge in [-0.2, -0.15) is 0 Å². The normalized spacial score (nSPS) is 11.8. The zero-order valence-electron chi connectivity index (χ0n) is 10.3. The molecular formula is C10H17N3O3S2. The predicted molar refractivity (Wildman–Crippen MR) is 72.0 cm³/mol. The molecule has 0 saturated carbocycles. The van der Waals surface area contributed by atoms with E-state index in [1.807, 2.05) is 23.4 Å². The summed E-state index contributed by atoms with van der Waals surface area (Å²) in [5.41, 5.74) is 2.94. The maximum Gasteiger partial charge on any atom is 0.275 e. The summed E-state index contributed by atoms with van der Waals surface area (Å²) >= 11 is 1.31. The summed E-state index contributed by atoms with van der Waals surface area (Å²) in [6.07, 6.45) is 1.21. The highest BCUT2D eigenvalue weighted by atomic mass is 32.2. The minimum atomic E-state index is -2.97. The highest BCUT2D eigenvalue weighted by molar-refractivity contribution is 7.90. The molecule has 8 heteroatoms. The first kappa shape index (κ1) is 15.1. The van der Waals surface area contributed by atoms with Gasteiger partial charge in [0.2, 0.25) is 0 Å². The van der Waals surface area contributed by atoms with E-state index in [2.05, 4.69) is 5.43 Å². The van der Waals surface area contributed by atoms with Crippen molar-refractivity contribution in [1.82, 2.24) is 10.3 Å². The van der Waals surface area contributed by atoms with Gasteiger partial charge in [0.25, 0.3) is 5.91 Å². The van der Waals surface area contributed by atoms with Gasteiger partial charge >= 0.3 is 0 Å². The van der Waals surface area contributed by atoms with Gasteiger partial charge in [-0.25, -0.2) is 14.3 Å². The summed E-state index contributed by atoms with van der Waals surface area (Å²) in [5, 5.41) is 1.81. The number of nitrogens with one attached hydrogen (secondary N) is 1. The fraction of sp³-hybridized carbons (Fsp3) is 0.500. The van der Waals surface area contributed by atoms with E-state index in [4.69, 9.17) is 5.84 Å². The number of nitrogen functional groups attached to an aromatic ring is 1. The van der Waals surface area contributed by atoms with Gasteiger partial charge in [0, 0.05) is 19.3 Å². The van der Waals surface area contributed by atoms with Gasteiger partial charge in [-0.15, -0.1) is 11.3 Å². The lowest BCUT2D eigenvalue weighted by Gasteiger charge is -2.15. The maximum absolute atomic E-state index is 11.5. The number of hydrazine groups is 1. The smallest absolute Gasteiger partial charge is 0.275 e. The Labute approximate surface area is 111 Å². The summed E-state index contributed by atoms with van der Waals surface area (Å²) in [6.45, 7) is 0.945. The van der Waals surface area contributed by atoms with Crippen LogP contribution >= 0.6 is 11.3 Å². The van der Waals surface area contributed by atoms with Gasteiger partial charge in [0.05, 0.1) is 10.6 Å². The van der Waals surface area contributed by atoms with Gasteiger partial charge in [-0.3, -0.25) is 10.2 Å². The SMILES string of the molecule is CN(CCS(C)(=O)=O)Cc1ccsc1C(=O)NN. The third-order valence-electron chi connectivity index (χ3n) is 2.37. The van der Waals surface area contributed by atoms with Crippen LogP contribution in [0.2, 0.25) is 0 Å². The second kappa shape index (κ2) is 6.28. The molecule has 1 amide bonds. The Bertz CT molecular complexity index is 510. The molecule has 18 heavy (non-hydrogen) atoms. The summed E-state index contributed by atoms with van der Waals surface area (Å²) < 4.78 is 22.1. The molecule has 0 spiro atoms. The van der Waals surface area contributed by atoms with E-state index in [-0.39, 0.29) is 11.7 Å². The summed E-state index contributed by atoms with van der Waals surface area (Å²) in [6, 6.07) is 1.84. The van der Waals surface area contributed by atoms with Crippen molar-refractivity contribution in [3.05, 3.63) is 21.9 Å². The van der Waals surface area contributed by atoms with E-state index >= 15 is 0 Å². The van der Waals surface area contributed by atoms with Crippen LogP contribution in [0.1, 0.15) is 15.2 Å². The molecule has 6 nitrogen and oxygen atoms in total. The van der Waals surface area contributed by atoms with E-state index in [0.717, 1.165) is 5.56 Å². The highest BCUT2D eigenvalue weighted by Crippen LogP contribution is 2.17. The van der Waals surface area contributed by atoms with Crippen molar-refractivity contribution in [3.8, 4) is 0 Å². The Morgan fingerprint density at radius 3 is 2.78 bits per heavy atom. The van der Waals surface area contributed by atoms with Gasteiger partial charge in [0.15, 0.2) is 0 Å². The molecule has 0 fully saturated rings. The molecule has 3 N–H and O–H groups in total. The molecule has 0 saturated heterocycles. The van der Waals surface area contributed by atoms with Gasteiger partial charge in [-0.1, -0.05) is 0 Å². The van der Waals surface area contributed by atoms with Crippen LogP contribution in [-0.4, -0.2) is 44.8 Å². The van der Waals surface area contributed by atoms with Gasteiger partial charge < -0.3 is 4.90 Å². The van der Waals surface area contributed by atoms with Gasteiger partial charge in [0.1, 0.15) is 9.84 Å². The first-order chi connectivity index (χ1) is 8.33. The lowest BCUT2D eigenvalue weighted by atomic mass is 10.2. The van der Waals surface area contributed by atoms with E-state index in [0.29, 0.717) is 18.0 Å². The average molecular weight is 291 g/mol. The van der Waals surface area contributed by atoms with Crippen LogP contribution in [0.5, 0.6) is 0 Å². The van der Waals surface area contributed by atoms with Crippen molar-refractivity contribution in [1.29, 1.82) is 0 Å². The van der Waals surface area contributed by atoms with Crippen LogP contribution in [0.4, 0.5) is 0 Å². The number of nitrogens with zero attached hydrogens (tertiary/aromatic N) is 1. The Hall–Kier alpha value is -0.960. The molecule has 0 aromatic carbocycles. The minimum absolute atomic E-state index is 0.103. The lowest BCUT2D eigenvalue weighted by molar-refractivity contribution is 0.0956. The molecular weight excluding hydrogens is 274 g/mol. The maximum atomic E-state index is 11.5. The zero-order chi connectivity index (χ0) is 13.8. The van der Waals surface area contributed by atoms with Crippen LogP contribution < -0.4 is 11.3 Å². The van der Waals surface area contributed by atoms with Crippen molar-refractivity contribution >= 4 is 27.1 Å². The number of hydrogen-bond donors (Lipinski definition) is 2. The van der Waals surface area contributed by atoms with Crippen molar-refractivity contribution in [2.24, 2.45) is 5.84 Å². The Morgan fingerprint density at radius 1 is 1.56 bits per heavy atom. The fourth-order valence-corrected chi connectivity index (χ4v) is 2.88. The number of thiophene rings is 1. The molecule has 1 aromatic rings. The number of rotatable bonds is 6. The number of hydrogen-bond acceptors (Lipinski definition) is 6. The molecule has 0 unspecified atom stereocenters. The topological polar surface area (TPSA) is 92.5 Å². The third-order valence-corrected chi connectivity index (χ3v) is 4.25. The minimum Gasteiger partial charge on any atom is -0.301 e. The van der Waals surface area contributed by atoms with Crippen molar-refractivity contribution in [2.75, 3.05) is 25.6 Å². The molecule has 102 valence electrons. The molecule has 1 heterocycles. The standard InChI is InChI=1S/C10H17N3O3S2/c1-13(4-6-18(2,15)16)7-8-3-5-17-9(8)10(14)12-11/h3,5H,4,6-7,11H2,1-2H3,(H,12,14). The summed E-state index contributed by atoms with van der Waals surface area (Å²) in [7, 11) is -1.16. The largest absolute Gasteiger partial charge is 0.301 e. The van der Waals surface area contributed by atoms with Crippen molar-refractivity contribution < 1.29 is 13.2 Å². The van der Waals surface area contributed by atoms with Crippen molar-refractivity contribution in [3.63, 3.8) is 0 Å². The molecule has 0 aliphatic heterocycles. The first-order valence-electron chi connectivity index (χ1n) is 5.27. The molecule has 0 aliphatic rings. The van der Waals surface area contributed by atoms with Crippen LogP contribution in [0.25, 0.3) is 0 Å². The molecule has 1 aromatic heterocycles. The van der Waals surface area contributed by atoms with Crippen LogP contribution in [0, 0.1) is 0 Å². The highest BCUT2D eigenvalue weighted by Gasteiger charge is 2.14. The fourth-order valence-electron chi connectivity index (χ4n) is 1.42. The summed E-state index contributed by atoms with van der Waals surface area (Å²) in [4.78, 5) is 13.9. The molecule has 0 radical (unpaired) electrons. The zero-order valence-corrected chi connectivity index (χ0v) is 12.0. The Kier molecular flexibility index (Phi) is 5.27. The Balaban J connectivity index is 2.62. The van der Waals surface area contributed by atoms with Crippen LogP contribution in [0.15, 0.2) is 11.4 Å². The quantitative estimate of drug-likeness (QED) is 0.431. The lowest BCUT2D eigenvalue weighted by Crippen LogP contribution is -2.31. The van der Waals surface area contributed by atoms with Crippen molar-refractivity contribution in [2.45, 2.75) is 6.54 Å². The second-order valence-electron chi connectivity index (χ2n) is 4.12. The Morgan fingerprint density at radius 2 is 2.22 bits per heavy atom. The van der Waals surface area contributed by atoms with E-state index in [1.165, 1.54) is 17.6 Å². The second-order valence-corrected chi connectivity index (χ2v) is 7.29. The number of sulfone groups is 1. The van der Waals surface area contributed by atoms with E-state index in [1.54, 1.807) is 0 Å². The molecule has 1 rings (SSSR count). The van der Waals surface area contributed by atoms with Gasteiger partial charge in [-0.05, 0) is 24.1 Å². The molecule has 0 aliphatic carbocycles. The number of amides is 1. The monoisotopic (exact) mass is 291 g/mol. The molecule has 0 atom stereocenters.